The summed E-state index contributed by atoms with van der Waals surface area (Å²) in [6.07, 6.45) is 5.55. The molecular formula is C13H20N2. The van der Waals surface area contributed by atoms with Gasteiger partial charge >= 0.3 is 0 Å². The number of nitrogens with one attached hydrogen (secondary N) is 1. The third-order valence-electron chi connectivity index (χ3n) is 2.12. The van der Waals surface area contributed by atoms with Gasteiger partial charge in [-0.1, -0.05) is 33.1 Å². The Kier molecular flexibility index (Phi) is 6.11. The average molecular weight is 204 g/mol. The van der Waals surface area contributed by atoms with E-state index in [1.165, 1.54) is 0 Å². The molecule has 0 heterocycles. The van der Waals surface area contributed by atoms with E-state index in [9.17, 15) is 0 Å². The van der Waals surface area contributed by atoms with Crippen LogP contribution in [0.2, 0.25) is 0 Å². The zero-order chi connectivity index (χ0) is 11.8. The summed E-state index contributed by atoms with van der Waals surface area (Å²) < 4.78 is 0. The monoisotopic (exact) mass is 204 g/mol. The van der Waals surface area contributed by atoms with Crippen LogP contribution in [0.15, 0.2) is 53.3 Å². The highest BCUT2D eigenvalue weighted by Gasteiger charge is 2.02. The Morgan fingerprint density at radius 2 is 1.87 bits per heavy atom. The van der Waals surface area contributed by atoms with Gasteiger partial charge in [-0.15, -0.1) is 0 Å². The minimum absolute atomic E-state index is 0.432. The molecule has 82 valence electrons. The van der Waals surface area contributed by atoms with Crippen molar-refractivity contribution in [2.24, 2.45) is 10.9 Å². The summed E-state index contributed by atoms with van der Waals surface area (Å²) in [5, 5.41) is 3.07. The van der Waals surface area contributed by atoms with Crippen LogP contribution < -0.4 is 5.32 Å². The molecule has 0 unspecified atom stereocenters. The molecule has 0 aliphatic carbocycles. The van der Waals surface area contributed by atoms with Crippen molar-refractivity contribution in [2.75, 3.05) is 7.05 Å². The lowest BCUT2D eigenvalue weighted by Gasteiger charge is -2.09. The molecule has 0 saturated heterocycles. The SMILES string of the molecule is C=C/C(=C\C(NC)=C(/C=C)N=C)C(C)C. The van der Waals surface area contributed by atoms with Gasteiger partial charge in [-0.2, -0.15) is 0 Å². The second kappa shape index (κ2) is 6.82. The van der Waals surface area contributed by atoms with Crippen LogP contribution in [0.3, 0.4) is 0 Å². The smallest absolute Gasteiger partial charge is 0.0847 e. The lowest BCUT2D eigenvalue weighted by molar-refractivity contribution is 0.787. The third-order valence-corrected chi connectivity index (χ3v) is 2.12. The Balaban J connectivity index is 5.32. The highest BCUT2D eigenvalue weighted by atomic mass is 14.9. The number of nitrogens with zero attached hydrogens (tertiary/aromatic N) is 1. The zero-order valence-electron chi connectivity index (χ0n) is 9.88. The van der Waals surface area contributed by atoms with Gasteiger partial charge in [0.05, 0.1) is 11.4 Å². The summed E-state index contributed by atoms with van der Waals surface area (Å²) in [7, 11) is 1.85. The number of hydrogen-bond acceptors (Lipinski definition) is 2. The lowest BCUT2D eigenvalue weighted by atomic mass is 10.0. The fourth-order valence-corrected chi connectivity index (χ4v) is 1.16. The summed E-state index contributed by atoms with van der Waals surface area (Å²) in [6, 6.07) is 0. The highest BCUT2D eigenvalue weighted by molar-refractivity contribution is 5.40. The summed E-state index contributed by atoms with van der Waals surface area (Å²) in [5.41, 5.74) is 2.81. The quantitative estimate of drug-likeness (QED) is 0.522. The van der Waals surface area contributed by atoms with Gasteiger partial charge < -0.3 is 5.32 Å². The second-order valence-corrected chi connectivity index (χ2v) is 3.41. The number of aliphatic imine (C=N–C) groups is 1. The second-order valence-electron chi connectivity index (χ2n) is 3.41. The molecule has 0 amide bonds. The van der Waals surface area contributed by atoms with Crippen molar-refractivity contribution in [3.63, 3.8) is 0 Å². The first-order valence-electron chi connectivity index (χ1n) is 4.95. The molecule has 1 N–H and O–H groups in total. The van der Waals surface area contributed by atoms with Gasteiger partial charge in [0, 0.05) is 7.05 Å². The van der Waals surface area contributed by atoms with E-state index in [0.717, 1.165) is 17.0 Å². The van der Waals surface area contributed by atoms with E-state index >= 15 is 0 Å². The van der Waals surface area contributed by atoms with Crippen molar-refractivity contribution in [3.8, 4) is 0 Å². The Hall–Kier alpha value is -1.57. The predicted octanol–water partition coefficient (Wildman–Crippen LogP) is 3.07. The minimum Gasteiger partial charge on any atom is -0.386 e. The summed E-state index contributed by atoms with van der Waals surface area (Å²) in [5.74, 6) is 0.432. The zero-order valence-corrected chi connectivity index (χ0v) is 9.88. The lowest BCUT2D eigenvalue weighted by Crippen LogP contribution is -2.07. The number of allylic oxidation sites excluding steroid dienone is 4. The number of rotatable bonds is 6. The van der Waals surface area contributed by atoms with Crippen LogP contribution in [-0.2, 0) is 0 Å². The molecule has 0 aliphatic heterocycles. The molecule has 0 aromatic heterocycles. The van der Waals surface area contributed by atoms with Gasteiger partial charge in [-0.3, -0.25) is 4.99 Å². The van der Waals surface area contributed by atoms with Crippen LogP contribution in [0.25, 0.3) is 0 Å². The molecule has 0 saturated carbocycles. The molecule has 0 atom stereocenters. The van der Waals surface area contributed by atoms with Gasteiger partial charge in [-0.25, -0.2) is 0 Å². The van der Waals surface area contributed by atoms with E-state index in [1.54, 1.807) is 6.08 Å². The van der Waals surface area contributed by atoms with Crippen LogP contribution in [-0.4, -0.2) is 13.8 Å². The first-order valence-corrected chi connectivity index (χ1v) is 4.95. The van der Waals surface area contributed by atoms with E-state index in [1.807, 2.05) is 19.2 Å². The van der Waals surface area contributed by atoms with E-state index in [4.69, 9.17) is 0 Å². The van der Waals surface area contributed by atoms with Crippen LogP contribution >= 0.6 is 0 Å². The van der Waals surface area contributed by atoms with Gasteiger partial charge in [0.25, 0.3) is 0 Å². The van der Waals surface area contributed by atoms with Crippen molar-refractivity contribution < 1.29 is 0 Å². The molecule has 2 heteroatoms. The molecule has 15 heavy (non-hydrogen) atoms. The first kappa shape index (κ1) is 13.4. The maximum absolute atomic E-state index is 3.89. The van der Waals surface area contributed by atoms with Gasteiger partial charge in [0.2, 0.25) is 0 Å². The Morgan fingerprint density at radius 3 is 2.13 bits per heavy atom. The largest absolute Gasteiger partial charge is 0.386 e. The van der Waals surface area contributed by atoms with Crippen LogP contribution in [0.1, 0.15) is 13.8 Å². The van der Waals surface area contributed by atoms with Gasteiger partial charge in [0.15, 0.2) is 0 Å². The van der Waals surface area contributed by atoms with Crippen molar-refractivity contribution in [1.82, 2.24) is 5.32 Å². The number of hydrogen-bond donors (Lipinski definition) is 1. The van der Waals surface area contributed by atoms with E-state index in [-0.39, 0.29) is 0 Å². The molecule has 0 aliphatic rings. The highest BCUT2D eigenvalue weighted by Crippen LogP contribution is 2.15. The molecular weight excluding hydrogens is 184 g/mol. The molecule has 0 rings (SSSR count). The van der Waals surface area contributed by atoms with Crippen LogP contribution in [0.5, 0.6) is 0 Å². The average Bonchev–Trinajstić information content (AvgIpc) is 2.23. The van der Waals surface area contributed by atoms with E-state index in [0.29, 0.717) is 5.92 Å². The molecule has 0 radical (unpaired) electrons. The topological polar surface area (TPSA) is 24.4 Å². The minimum atomic E-state index is 0.432. The fraction of sp³-hybridized carbons (Fsp3) is 0.308. The van der Waals surface area contributed by atoms with Crippen molar-refractivity contribution >= 4 is 6.72 Å². The molecule has 0 aromatic rings. The summed E-state index contributed by atoms with van der Waals surface area (Å²) in [4.78, 5) is 3.89. The third kappa shape index (κ3) is 3.98. The standard InChI is InChI=1S/C13H20N2/c1-7-11(10(3)4)9-13(15-6)12(8-2)14-5/h7-10,15H,1-2,5H2,3-4,6H3/b11-9+,13-12-. The summed E-state index contributed by atoms with van der Waals surface area (Å²) >= 11 is 0. The van der Waals surface area contributed by atoms with Gasteiger partial charge in [0.1, 0.15) is 0 Å². The van der Waals surface area contributed by atoms with E-state index in [2.05, 4.69) is 44.0 Å². The van der Waals surface area contributed by atoms with Crippen LogP contribution in [0, 0.1) is 5.92 Å². The molecule has 0 spiro atoms. The Labute approximate surface area is 92.8 Å². The molecule has 2 nitrogen and oxygen atoms in total. The van der Waals surface area contributed by atoms with Gasteiger partial charge in [-0.05, 0) is 30.4 Å². The Morgan fingerprint density at radius 1 is 1.27 bits per heavy atom. The van der Waals surface area contributed by atoms with Crippen molar-refractivity contribution in [1.29, 1.82) is 0 Å². The van der Waals surface area contributed by atoms with Crippen molar-refractivity contribution in [2.45, 2.75) is 13.8 Å². The number of likely N-dealkylation sites (N-methyl/N-ethyl adjacent to an activating group) is 1. The molecule has 0 aromatic carbocycles. The fourth-order valence-electron chi connectivity index (χ4n) is 1.16. The maximum Gasteiger partial charge on any atom is 0.0847 e. The normalized spacial score (nSPS) is 13.2. The van der Waals surface area contributed by atoms with Crippen LogP contribution in [0.4, 0.5) is 0 Å². The maximum atomic E-state index is 3.89. The van der Waals surface area contributed by atoms with E-state index < -0.39 is 0 Å². The first-order chi connectivity index (χ1) is 7.10. The summed E-state index contributed by atoms with van der Waals surface area (Å²) in [6.45, 7) is 15.2. The van der Waals surface area contributed by atoms with Crippen molar-refractivity contribution in [3.05, 3.63) is 48.4 Å². The Bertz CT molecular complexity index is 296. The predicted molar refractivity (Wildman–Crippen MR) is 68.9 cm³/mol. The molecule has 0 bridgehead atoms. The molecule has 0 fully saturated rings.